The molecule has 0 aromatic heterocycles. The summed E-state index contributed by atoms with van der Waals surface area (Å²) in [5, 5.41) is 12.2. The SMILES string of the molecule is O=C(O)c1ccc(Br)cc1NCCCOCC1CC1. The third-order valence-corrected chi connectivity index (χ3v) is 3.54. The molecule has 1 aromatic carbocycles. The molecular formula is C14H18BrNO3. The molecule has 0 aliphatic heterocycles. The predicted molar refractivity (Wildman–Crippen MR) is 77.8 cm³/mol. The van der Waals surface area contributed by atoms with Crippen LogP contribution in [0.4, 0.5) is 5.69 Å². The highest BCUT2D eigenvalue weighted by molar-refractivity contribution is 9.10. The zero-order valence-electron chi connectivity index (χ0n) is 10.7. The second-order valence-electron chi connectivity index (χ2n) is 4.79. The van der Waals surface area contributed by atoms with E-state index in [9.17, 15) is 4.79 Å². The molecule has 0 atom stereocenters. The highest BCUT2D eigenvalue weighted by Crippen LogP contribution is 2.28. The number of rotatable bonds is 8. The number of aromatic carboxylic acids is 1. The van der Waals surface area contributed by atoms with E-state index < -0.39 is 5.97 Å². The molecule has 1 saturated carbocycles. The van der Waals surface area contributed by atoms with Crippen molar-refractivity contribution in [2.75, 3.05) is 25.1 Å². The van der Waals surface area contributed by atoms with Crippen LogP contribution in [0.25, 0.3) is 0 Å². The van der Waals surface area contributed by atoms with Gasteiger partial charge in [-0.05, 0) is 43.4 Å². The number of hydrogen-bond acceptors (Lipinski definition) is 3. The number of halogens is 1. The second-order valence-corrected chi connectivity index (χ2v) is 5.71. The lowest BCUT2D eigenvalue weighted by Gasteiger charge is -2.10. The van der Waals surface area contributed by atoms with Crippen molar-refractivity contribution < 1.29 is 14.6 Å². The van der Waals surface area contributed by atoms with E-state index in [1.165, 1.54) is 12.8 Å². The number of benzene rings is 1. The smallest absolute Gasteiger partial charge is 0.337 e. The third-order valence-electron chi connectivity index (χ3n) is 3.04. The Labute approximate surface area is 121 Å². The summed E-state index contributed by atoms with van der Waals surface area (Å²) in [7, 11) is 0. The van der Waals surface area contributed by atoms with Gasteiger partial charge in [0.15, 0.2) is 0 Å². The molecule has 1 aliphatic rings. The quantitative estimate of drug-likeness (QED) is 0.718. The largest absolute Gasteiger partial charge is 0.478 e. The molecule has 1 aromatic rings. The first kappa shape index (κ1) is 14.3. The number of nitrogens with one attached hydrogen (secondary N) is 1. The highest BCUT2D eigenvalue weighted by Gasteiger charge is 2.20. The first-order valence-corrected chi connectivity index (χ1v) is 7.30. The lowest BCUT2D eigenvalue weighted by molar-refractivity contribution is 0.0698. The fourth-order valence-electron chi connectivity index (χ4n) is 1.78. The number of hydrogen-bond donors (Lipinski definition) is 2. The standard InChI is InChI=1S/C14H18BrNO3/c15-11-4-5-12(14(17)18)13(8-11)16-6-1-7-19-9-10-2-3-10/h4-5,8,10,16H,1-3,6-7,9H2,(H,17,18). The normalized spacial score (nSPS) is 14.4. The molecule has 104 valence electrons. The van der Waals surface area contributed by atoms with Gasteiger partial charge in [-0.1, -0.05) is 15.9 Å². The van der Waals surface area contributed by atoms with Crippen LogP contribution in [0.2, 0.25) is 0 Å². The van der Waals surface area contributed by atoms with Crippen molar-refractivity contribution in [1.82, 2.24) is 0 Å². The van der Waals surface area contributed by atoms with Crippen molar-refractivity contribution in [2.24, 2.45) is 5.92 Å². The lowest BCUT2D eigenvalue weighted by Crippen LogP contribution is -2.10. The summed E-state index contributed by atoms with van der Waals surface area (Å²) in [5.74, 6) is -0.128. The molecule has 2 N–H and O–H groups in total. The zero-order chi connectivity index (χ0) is 13.7. The van der Waals surface area contributed by atoms with Crippen LogP contribution in [0.5, 0.6) is 0 Å². The van der Waals surface area contributed by atoms with Crippen LogP contribution in [0.3, 0.4) is 0 Å². The summed E-state index contributed by atoms with van der Waals surface area (Å²) in [4.78, 5) is 11.1. The zero-order valence-corrected chi connectivity index (χ0v) is 12.3. The van der Waals surface area contributed by atoms with Crippen molar-refractivity contribution in [3.8, 4) is 0 Å². The van der Waals surface area contributed by atoms with Gasteiger partial charge in [-0.3, -0.25) is 0 Å². The monoisotopic (exact) mass is 327 g/mol. The van der Waals surface area contributed by atoms with Gasteiger partial charge < -0.3 is 15.2 Å². The molecule has 1 aliphatic carbocycles. The van der Waals surface area contributed by atoms with Crippen LogP contribution in [-0.4, -0.2) is 30.8 Å². The maximum absolute atomic E-state index is 11.1. The molecule has 1 fully saturated rings. The summed E-state index contributed by atoms with van der Waals surface area (Å²) in [6, 6.07) is 5.11. The number of ether oxygens (including phenoxy) is 1. The van der Waals surface area contributed by atoms with E-state index in [4.69, 9.17) is 9.84 Å². The van der Waals surface area contributed by atoms with E-state index in [1.807, 2.05) is 0 Å². The Balaban J connectivity index is 1.74. The van der Waals surface area contributed by atoms with Gasteiger partial charge in [0, 0.05) is 29.9 Å². The van der Waals surface area contributed by atoms with Crippen molar-refractivity contribution in [2.45, 2.75) is 19.3 Å². The van der Waals surface area contributed by atoms with Crippen LogP contribution < -0.4 is 5.32 Å². The van der Waals surface area contributed by atoms with E-state index in [1.54, 1.807) is 18.2 Å². The Morgan fingerprint density at radius 2 is 2.26 bits per heavy atom. The highest BCUT2D eigenvalue weighted by atomic mass is 79.9. The van der Waals surface area contributed by atoms with E-state index >= 15 is 0 Å². The van der Waals surface area contributed by atoms with Gasteiger partial charge in [0.2, 0.25) is 0 Å². The van der Waals surface area contributed by atoms with Gasteiger partial charge in [-0.25, -0.2) is 4.79 Å². The first-order valence-electron chi connectivity index (χ1n) is 6.51. The van der Waals surface area contributed by atoms with Crippen LogP contribution in [0.1, 0.15) is 29.6 Å². The first-order chi connectivity index (χ1) is 9.16. The molecule has 0 spiro atoms. The van der Waals surface area contributed by atoms with Crippen molar-refractivity contribution in [1.29, 1.82) is 0 Å². The molecule has 0 radical (unpaired) electrons. The predicted octanol–water partition coefficient (Wildman–Crippen LogP) is 3.38. The molecule has 4 nitrogen and oxygen atoms in total. The fourth-order valence-corrected chi connectivity index (χ4v) is 2.14. The topological polar surface area (TPSA) is 58.6 Å². The van der Waals surface area contributed by atoms with E-state index in [0.717, 1.165) is 30.0 Å². The maximum Gasteiger partial charge on any atom is 0.337 e. The molecule has 0 heterocycles. The lowest BCUT2D eigenvalue weighted by atomic mass is 10.2. The Bertz CT molecular complexity index is 446. The molecule has 5 heteroatoms. The van der Waals surface area contributed by atoms with Crippen LogP contribution >= 0.6 is 15.9 Å². The Hall–Kier alpha value is -1.07. The number of anilines is 1. The minimum absolute atomic E-state index is 0.294. The molecule has 2 rings (SSSR count). The molecule has 0 saturated heterocycles. The van der Waals surface area contributed by atoms with Gasteiger partial charge in [0.25, 0.3) is 0 Å². The average Bonchev–Trinajstić information content (AvgIpc) is 3.17. The van der Waals surface area contributed by atoms with Crippen LogP contribution in [0, 0.1) is 5.92 Å². The van der Waals surface area contributed by atoms with Gasteiger partial charge in [-0.15, -0.1) is 0 Å². The summed E-state index contributed by atoms with van der Waals surface area (Å²) in [6.07, 6.45) is 3.48. The van der Waals surface area contributed by atoms with E-state index in [-0.39, 0.29) is 0 Å². The number of carboxylic acid groups (broad SMARTS) is 1. The third kappa shape index (κ3) is 4.84. The van der Waals surface area contributed by atoms with Crippen molar-refractivity contribution >= 4 is 27.6 Å². The summed E-state index contributed by atoms with van der Waals surface area (Å²) in [5.41, 5.74) is 0.936. The Kier molecular flexibility index (Phi) is 5.22. The van der Waals surface area contributed by atoms with Gasteiger partial charge >= 0.3 is 5.97 Å². The minimum atomic E-state index is -0.917. The van der Waals surface area contributed by atoms with E-state index in [2.05, 4.69) is 21.2 Å². The minimum Gasteiger partial charge on any atom is -0.478 e. The summed E-state index contributed by atoms with van der Waals surface area (Å²) < 4.78 is 6.40. The van der Waals surface area contributed by atoms with Crippen LogP contribution in [-0.2, 0) is 4.74 Å². The molecule has 0 bridgehead atoms. The summed E-state index contributed by atoms with van der Waals surface area (Å²) in [6.45, 7) is 2.30. The van der Waals surface area contributed by atoms with Crippen LogP contribution in [0.15, 0.2) is 22.7 Å². The summed E-state index contributed by atoms with van der Waals surface area (Å²) >= 11 is 3.34. The average molecular weight is 328 g/mol. The second kappa shape index (κ2) is 6.91. The fraction of sp³-hybridized carbons (Fsp3) is 0.500. The molecular weight excluding hydrogens is 310 g/mol. The van der Waals surface area contributed by atoms with Crippen molar-refractivity contribution in [3.63, 3.8) is 0 Å². The number of carbonyl (C=O) groups is 1. The molecule has 0 unspecified atom stereocenters. The van der Waals surface area contributed by atoms with Gasteiger partial charge in [0.05, 0.1) is 5.56 Å². The van der Waals surface area contributed by atoms with Crippen molar-refractivity contribution in [3.05, 3.63) is 28.2 Å². The van der Waals surface area contributed by atoms with E-state index in [0.29, 0.717) is 17.8 Å². The Morgan fingerprint density at radius 3 is 2.95 bits per heavy atom. The van der Waals surface area contributed by atoms with Gasteiger partial charge in [-0.2, -0.15) is 0 Å². The molecule has 19 heavy (non-hydrogen) atoms. The Morgan fingerprint density at radius 1 is 1.47 bits per heavy atom. The number of carboxylic acids is 1. The van der Waals surface area contributed by atoms with Gasteiger partial charge in [0.1, 0.15) is 0 Å². The maximum atomic E-state index is 11.1. The molecule has 0 amide bonds.